The Labute approximate surface area is 199 Å². The number of rotatable bonds is 10. The van der Waals surface area contributed by atoms with Crippen LogP contribution in [-0.2, 0) is 38.6 Å². The summed E-state index contributed by atoms with van der Waals surface area (Å²) < 4.78 is 10.5. The van der Waals surface area contributed by atoms with Gasteiger partial charge in [-0.05, 0) is 65.4 Å². The van der Waals surface area contributed by atoms with Crippen molar-refractivity contribution in [3.63, 3.8) is 0 Å². The van der Waals surface area contributed by atoms with Crippen molar-refractivity contribution in [3.8, 4) is 5.75 Å². The minimum Gasteiger partial charge on any atom is -0.457 e. The highest BCUT2D eigenvalue weighted by molar-refractivity contribution is 5.96. The first-order valence-corrected chi connectivity index (χ1v) is 11.0. The topological polar surface area (TPSA) is 69.7 Å². The number of fused-ring (bicyclic) bond motifs is 1. The van der Waals surface area contributed by atoms with E-state index in [1.165, 1.54) is 0 Å². The van der Waals surface area contributed by atoms with Crippen molar-refractivity contribution in [2.45, 2.75) is 39.7 Å². The average molecular weight is 457 g/mol. The van der Waals surface area contributed by atoms with Gasteiger partial charge in [0.25, 0.3) is 0 Å². The largest absolute Gasteiger partial charge is 0.457 e. The van der Waals surface area contributed by atoms with Gasteiger partial charge < -0.3 is 9.47 Å². The van der Waals surface area contributed by atoms with Gasteiger partial charge in [-0.2, -0.15) is 0 Å². The molecule has 0 heterocycles. The zero-order valence-corrected chi connectivity index (χ0v) is 19.6. The number of aryl methyl sites for hydroxylation is 1. The number of hydrogen-bond donors (Lipinski definition) is 0. The smallest absolute Gasteiger partial charge is 0.333 e. The third-order valence-electron chi connectivity index (χ3n) is 5.30. The van der Waals surface area contributed by atoms with Crippen molar-refractivity contribution < 1.29 is 23.9 Å². The van der Waals surface area contributed by atoms with Gasteiger partial charge in [-0.3, -0.25) is 9.59 Å². The van der Waals surface area contributed by atoms with E-state index in [0.717, 1.165) is 27.5 Å². The molecule has 0 amide bonds. The number of Topliss-reactive ketones (excluding diaryl/α,β-unsaturated/α-hetero) is 1. The lowest BCUT2D eigenvalue weighted by molar-refractivity contribution is -0.140. The molecule has 5 nitrogen and oxygen atoms in total. The van der Waals surface area contributed by atoms with Gasteiger partial charge in [0.15, 0.2) is 5.78 Å². The fourth-order valence-electron chi connectivity index (χ4n) is 3.30. The molecular weight excluding hydrogens is 428 g/mol. The van der Waals surface area contributed by atoms with Gasteiger partial charge in [0.05, 0.1) is 0 Å². The second-order valence-corrected chi connectivity index (χ2v) is 8.37. The molecule has 0 aliphatic carbocycles. The van der Waals surface area contributed by atoms with E-state index in [-0.39, 0.29) is 24.8 Å². The number of carbonyl (C=O) groups is 3. The zero-order chi connectivity index (χ0) is 24.7. The summed E-state index contributed by atoms with van der Waals surface area (Å²) in [6, 6.07) is 18.8. The number of allylic oxidation sites excluding steroid dienone is 1. The van der Waals surface area contributed by atoms with E-state index in [9.17, 15) is 14.4 Å². The third kappa shape index (κ3) is 7.01. The molecule has 0 N–H and O–H groups in total. The molecule has 0 radical (unpaired) electrons. The van der Waals surface area contributed by atoms with Crippen LogP contribution in [0.25, 0.3) is 10.8 Å². The molecule has 3 aromatic carbocycles. The third-order valence-corrected chi connectivity index (χ3v) is 5.30. The minimum atomic E-state index is -0.442. The Morgan fingerprint density at radius 1 is 0.765 bits per heavy atom. The van der Waals surface area contributed by atoms with Gasteiger partial charge in [-0.1, -0.05) is 61.7 Å². The lowest BCUT2D eigenvalue weighted by Crippen LogP contribution is -2.09. The number of esters is 2. The van der Waals surface area contributed by atoms with Crippen molar-refractivity contribution in [1.29, 1.82) is 0 Å². The van der Waals surface area contributed by atoms with Gasteiger partial charge in [-0.25, -0.2) is 4.79 Å². The second kappa shape index (κ2) is 11.2. The molecule has 0 aliphatic heterocycles. The number of carbonyl (C=O) groups excluding carboxylic acids is 3. The van der Waals surface area contributed by atoms with Crippen LogP contribution in [0.2, 0.25) is 0 Å². The first-order chi connectivity index (χ1) is 16.2. The molecule has 3 aromatic rings. The molecule has 0 atom stereocenters. The van der Waals surface area contributed by atoms with Crippen LogP contribution in [0.4, 0.5) is 0 Å². The summed E-state index contributed by atoms with van der Waals surface area (Å²) in [5.74, 6) is -0.289. The molecule has 34 heavy (non-hydrogen) atoms. The van der Waals surface area contributed by atoms with E-state index in [1.807, 2.05) is 36.4 Å². The number of benzene rings is 3. The summed E-state index contributed by atoms with van der Waals surface area (Å²) in [4.78, 5) is 35.7. The Bertz CT molecular complexity index is 1250. The number of ketones is 1. The number of hydrogen-bond acceptors (Lipinski definition) is 5. The van der Waals surface area contributed by atoms with Crippen LogP contribution in [-0.4, -0.2) is 17.7 Å². The van der Waals surface area contributed by atoms with E-state index in [1.54, 1.807) is 38.1 Å². The molecule has 0 saturated heterocycles. The van der Waals surface area contributed by atoms with Crippen molar-refractivity contribution in [2.75, 3.05) is 0 Å². The highest BCUT2D eigenvalue weighted by Crippen LogP contribution is 2.20. The van der Waals surface area contributed by atoms with Crippen molar-refractivity contribution in [1.82, 2.24) is 0 Å². The SMILES string of the molecule is C=C(C)C(=O)Cc1ccc2cc(CCC(=O)Oc3ccc(COC(=O)C(=C)C)cc3)ccc2c1. The van der Waals surface area contributed by atoms with E-state index >= 15 is 0 Å². The monoisotopic (exact) mass is 456 g/mol. The van der Waals surface area contributed by atoms with Crippen LogP contribution < -0.4 is 4.74 Å². The van der Waals surface area contributed by atoms with E-state index in [2.05, 4.69) is 13.2 Å². The summed E-state index contributed by atoms with van der Waals surface area (Å²) in [5.41, 5.74) is 3.68. The molecule has 0 unspecified atom stereocenters. The summed E-state index contributed by atoms with van der Waals surface area (Å²) in [6.07, 6.45) is 1.15. The lowest BCUT2D eigenvalue weighted by atomic mass is 9.99. The van der Waals surface area contributed by atoms with Gasteiger partial charge in [0.1, 0.15) is 12.4 Å². The summed E-state index contributed by atoms with van der Waals surface area (Å²) in [5, 5.41) is 2.10. The van der Waals surface area contributed by atoms with Crippen molar-refractivity contribution in [3.05, 3.63) is 102 Å². The summed E-state index contributed by atoms with van der Waals surface area (Å²) >= 11 is 0. The van der Waals surface area contributed by atoms with Gasteiger partial charge in [0.2, 0.25) is 0 Å². The molecule has 0 aliphatic rings. The van der Waals surface area contributed by atoms with E-state index in [0.29, 0.717) is 29.7 Å². The minimum absolute atomic E-state index is 0.0373. The summed E-state index contributed by atoms with van der Waals surface area (Å²) in [7, 11) is 0. The Kier molecular flexibility index (Phi) is 8.14. The molecule has 0 fully saturated rings. The summed E-state index contributed by atoms with van der Waals surface area (Å²) in [6.45, 7) is 10.7. The molecule has 0 spiro atoms. The fraction of sp³-hybridized carbons (Fsp3) is 0.207. The van der Waals surface area contributed by atoms with Crippen molar-refractivity contribution >= 4 is 28.5 Å². The maximum absolute atomic E-state index is 12.3. The normalized spacial score (nSPS) is 10.5. The Morgan fingerprint density at radius 2 is 1.35 bits per heavy atom. The highest BCUT2D eigenvalue weighted by atomic mass is 16.5. The first-order valence-electron chi connectivity index (χ1n) is 11.0. The molecule has 5 heteroatoms. The fourth-order valence-corrected chi connectivity index (χ4v) is 3.30. The van der Waals surface area contributed by atoms with E-state index in [4.69, 9.17) is 9.47 Å². The van der Waals surface area contributed by atoms with Crippen LogP contribution >= 0.6 is 0 Å². The lowest BCUT2D eigenvalue weighted by Gasteiger charge is -2.08. The Balaban J connectivity index is 1.52. The molecule has 174 valence electrons. The number of ether oxygens (including phenoxy) is 2. The first kappa shape index (κ1) is 24.6. The standard InChI is InChI=1S/C29H28O5/c1-19(2)27(30)17-23-6-11-24-15-21(5-10-25(24)16-23)9-14-28(31)34-26-12-7-22(8-13-26)18-33-29(32)20(3)4/h5-8,10-13,15-16H,1,3,9,14,17-18H2,2,4H3. The van der Waals surface area contributed by atoms with Gasteiger partial charge in [0, 0.05) is 18.4 Å². The zero-order valence-electron chi connectivity index (χ0n) is 19.6. The second-order valence-electron chi connectivity index (χ2n) is 8.37. The van der Waals surface area contributed by atoms with Crippen LogP contribution in [0.3, 0.4) is 0 Å². The Morgan fingerprint density at radius 3 is 1.97 bits per heavy atom. The predicted octanol–water partition coefficient (Wildman–Crippen LogP) is 5.69. The highest BCUT2D eigenvalue weighted by Gasteiger charge is 2.09. The van der Waals surface area contributed by atoms with Gasteiger partial charge >= 0.3 is 11.9 Å². The van der Waals surface area contributed by atoms with Crippen LogP contribution in [0, 0.1) is 0 Å². The van der Waals surface area contributed by atoms with Crippen LogP contribution in [0.15, 0.2) is 85.0 Å². The van der Waals surface area contributed by atoms with E-state index < -0.39 is 5.97 Å². The van der Waals surface area contributed by atoms with Crippen molar-refractivity contribution in [2.24, 2.45) is 0 Å². The molecule has 3 rings (SSSR count). The predicted molar refractivity (Wildman–Crippen MR) is 132 cm³/mol. The Hall–Kier alpha value is -3.99. The molecule has 0 aromatic heterocycles. The molecule has 0 saturated carbocycles. The van der Waals surface area contributed by atoms with Gasteiger partial charge in [-0.15, -0.1) is 0 Å². The van der Waals surface area contributed by atoms with Crippen LogP contribution in [0.5, 0.6) is 5.75 Å². The molecule has 0 bridgehead atoms. The maximum atomic E-state index is 12.3. The molecular formula is C29H28O5. The quantitative estimate of drug-likeness (QED) is 0.223. The van der Waals surface area contributed by atoms with Crippen LogP contribution in [0.1, 0.15) is 37.0 Å². The average Bonchev–Trinajstić information content (AvgIpc) is 2.81. The maximum Gasteiger partial charge on any atom is 0.333 e.